The molecule has 0 saturated carbocycles. The fourth-order valence-electron chi connectivity index (χ4n) is 3.64. The van der Waals surface area contributed by atoms with Crippen LogP contribution in [-0.4, -0.2) is 60.3 Å². The van der Waals surface area contributed by atoms with Gasteiger partial charge in [-0.2, -0.15) is 4.98 Å². The molecule has 0 unspecified atom stereocenters. The number of rotatable bonds is 9. The van der Waals surface area contributed by atoms with E-state index in [-0.39, 0.29) is 24.4 Å². The molecule has 1 aliphatic heterocycles. The molecule has 1 N–H and O–H groups in total. The Morgan fingerprint density at radius 3 is 2.80 bits per heavy atom. The number of benzene rings is 1. The van der Waals surface area contributed by atoms with E-state index in [9.17, 15) is 4.79 Å². The van der Waals surface area contributed by atoms with Crippen molar-refractivity contribution < 1.29 is 14.6 Å². The first kappa shape index (κ1) is 22.3. The highest BCUT2D eigenvalue weighted by Gasteiger charge is 2.27. The van der Waals surface area contributed by atoms with Crippen molar-refractivity contribution in [2.75, 3.05) is 43.1 Å². The van der Waals surface area contributed by atoms with Gasteiger partial charge in [-0.1, -0.05) is 30.7 Å². The monoisotopic (exact) mass is 432 g/mol. The minimum absolute atomic E-state index is 0.0315. The Kier molecular flexibility index (Phi) is 7.50. The number of hydrogen-bond acceptors (Lipinski definition) is 7. The van der Waals surface area contributed by atoms with E-state index in [2.05, 4.69) is 21.8 Å². The lowest BCUT2D eigenvalue weighted by Crippen LogP contribution is -2.28. The molecule has 0 amide bonds. The summed E-state index contributed by atoms with van der Waals surface area (Å²) in [7, 11) is 1.83. The van der Waals surface area contributed by atoms with Crippen molar-refractivity contribution >= 4 is 29.2 Å². The number of carbonyl (C=O) groups is 1. The van der Waals surface area contributed by atoms with Crippen LogP contribution in [0, 0.1) is 0 Å². The molecule has 2 atom stereocenters. The zero-order valence-electron chi connectivity index (χ0n) is 17.7. The SMILES string of the molecule is CC(=O)C[C@@H](C)c1ccc(O[C@@H]2CCN(c3nc(N(C)CCO)ncc3Cl)C2)cc1. The third kappa shape index (κ3) is 5.61. The number of hydrogen-bond donors (Lipinski definition) is 1. The first-order valence-corrected chi connectivity index (χ1v) is 10.6. The number of aromatic nitrogens is 2. The molecule has 1 saturated heterocycles. The van der Waals surface area contributed by atoms with Gasteiger partial charge in [0, 0.05) is 33.0 Å². The summed E-state index contributed by atoms with van der Waals surface area (Å²) in [4.78, 5) is 24.1. The van der Waals surface area contributed by atoms with Gasteiger partial charge < -0.3 is 24.4 Å². The fourth-order valence-corrected chi connectivity index (χ4v) is 3.85. The van der Waals surface area contributed by atoms with Crippen molar-refractivity contribution in [3.8, 4) is 5.75 Å². The molecule has 162 valence electrons. The Morgan fingerprint density at radius 2 is 2.13 bits per heavy atom. The van der Waals surface area contributed by atoms with Crippen molar-refractivity contribution in [3.05, 3.63) is 41.0 Å². The smallest absolute Gasteiger partial charge is 0.227 e. The van der Waals surface area contributed by atoms with Crippen LogP contribution in [0.15, 0.2) is 30.5 Å². The highest BCUT2D eigenvalue weighted by Crippen LogP contribution is 2.29. The second-order valence-electron chi connectivity index (χ2n) is 7.84. The number of ketones is 1. The van der Waals surface area contributed by atoms with Crippen molar-refractivity contribution in [3.63, 3.8) is 0 Å². The molecular weight excluding hydrogens is 404 g/mol. The Labute approximate surface area is 182 Å². The molecule has 0 spiro atoms. The Balaban J connectivity index is 1.62. The van der Waals surface area contributed by atoms with E-state index in [1.54, 1.807) is 18.0 Å². The number of aliphatic hydroxyl groups excluding tert-OH is 1. The number of ether oxygens (including phenoxy) is 1. The Bertz CT molecular complexity index is 862. The normalized spacial score (nSPS) is 17.1. The molecule has 0 radical (unpaired) electrons. The molecular formula is C22H29ClN4O3. The van der Waals surface area contributed by atoms with E-state index in [1.165, 1.54) is 0 Å². The van der Waals surface area contributed by atoms with Crippen LogP contribution in [0.3, 0.4) is 0 Å². The molecule has 2 heterocycles. The van der Waals surface area contributed by atoms with Crippen molar-refractivity contribution in [1.29, 1.82) is 0 Å². The molecule has 0 bridgehead atoms. The van der Waals surface area contributed by atoms with Crippen LogP contribution in [0.25, 0.3) is 0 Å². The van der Waals surface area contributed by atoms with E-state index >= 15 is 0 Å². The summed E-state index contributed by atoms with van der Waals surface area (Å²) in [5.74, 6) is 2.44. The van der Waals surface area contributed by atoms with E-state index in [0.29, 0.717) is 36.3 Å². The van der Waals surface area contributed by atoms with Crippen LogP contribution in [0.4, 0.5) is 11.8 Å². The summed E-state index contributed by atoms with van der Waals surface area (Å²) < 4.78 is 6.16. The van der Waals surface area contributed by atoms with Gasteiger partial charge in [-0.05, 0) is 30.5 Å². The molecule has 0 aliphatic carbocycles. The van der Waals surface area contributed by atoms with E-state index in [0.717, 1.165) is 24.3 Å². The first-order valence-electron chi connectivity index (χ1n) is 10.2. The van der Waals surface area contributed by atoms with Gasteiger partial charge in [0.05, 0.1) is 19.3 Å². The molecule has 2 aromatic rings. The number of halogens is 1. The quantitative estimate of drug-likeness (QED) is 0.651. The van der Waals surface area contributed by atoms with Gasteiger partial charge in [-0.25, -0.2) is 4.98 Å². The fraction of sp³-hybridized carbons (Fsp3) is 0.500. The maximum Gasteiger partial charge on any atom is 0.227 e. The lowest BCUT2D eigenvalue weighted by molar-refractivity contribution is -0.117. The Morgan fingerprint density at radius 1 is 1.40 bits per heavy atom. The minimum atomic E-state index is 0.0315. The number of nitrogens with zero attached hydrogens (tertiary/aromatic N) is 4. The second-order valence-corrected chi connectivity index (χ2v) is 8.24. The molecule has 30 heavy (non-hydrogen) atoms. The zero-order chi connectivity index (χ0) is 21.7. The van der Waals surface area contributed by atoms with Gasteiger partial charge in [0.2, 0.25) is 5.95 Å². The van der Waals surface area contributed by atoms with E-state index in [1.807, 2.05) is 31.3 Å². The maximum absolute atomic E-state index is 11.3. The summed E-state index contributed by atoms with van der Waals surface area (Å²) >= 11 is 6.35. The molecule has 1 aromatic heterocycles. The van der Waals surface area contributed by atoms with E-state index < -0.39 is 0 Å². The Hall–Kier alpha value is -2.38. The summed E-state index contributed by atoms with van der Waals surface area (Å²) in [6, 6.07) is 7.99. The lowest BCUT2D eigenvalue weighted by atomic mass is 9.96. The first-order chi connectivity index (χ1) is 14.4. The van der Waals surface area contributed by atoms with E-state index in [4.69, 9.17) is 21.4 Å². The molecule has 1 fully saturated rings. The summed E-state index contributed by atoms with van der Waals surface area (Å²) in [6.45, 7) is 5.64. The molecule has 3 rings (SSSR count). The molecule has 8 heteroatoms. The summed E-state index contributed by atoms with van der Waals surface area (Å²) in [6.07, 6.45) is 3.05. The predicted molar refractivity (Wildman–Crippen MR) is 119 cm³/mol. The second kappa shape index (κ2) is 10.1. The highest BCUT2D eigenvalue weighted by atomic mass is 35.5. The van der Waals surface area contributed by atoms with Crippen LogP contribution in [0.1, 0.15) is 38.2 Å². The van der Waals surface area contributed by atoms with Crippen LogP contribution >= 0.6 is 11.6 Å². The number of anilines is 2. The van der Waals surface area contributed by atoms with Crippen molar-refractivity contribution in [2.24, 2.45) is 0 Å². The minimum Gasteiger partial charge on any atom is -0.489 e. The number of carbonyl (C=O) groups excluding carboxylic acids is 1. The van der Waals surface area contributed by atoms with Gasteiger partial charge in [0.25, 0.3) is 0 Å². The van der Waals surface area contributed by atoms with Gasteiger partial charge in [-0.15, -0.1) is 0 Å². The molecule has 1 aliphatic rings. The topological polar surface area (TPSA) is 78.8 Å². The largest absolute Gasteiger partial charge is 0.489 e. The van der Waals surface area contributed by atoms with Gasteiger partial charge >= 0.3 is 0 Å². The molecule has 7 nitrogen and oxygen atoms in total. The van der Waals surface area contributed by atoms with Crippen LogP contribution in [0.2, 0.25) is 5.02 Å². The summed E-state index contributed by atoms with van der Waals surface area (Å²) in [5.41, 5.74) is 1.14. The van der Waals surface area contributed by atoms with Gasteiger partial charge in [0.15, 0.2) is 5.82 Å². The van der Waals surface area contributed by atoms with Gasteiger partial charge in [-0.3, -0.25) is 0 Å². The summed E-state index contributed by atoms with van der Waals surface area (Å²) in [5, 5.41) is 9.63. The standard InChI is InChI=1S/C22H29ClN4O3/c1-15(12-16(2)29)17-4-6-18(7-5-17)30-19-8-9-27(14-19)21-20(23)13-24-22(25-21)26(3)10-11-28/h4-7,13,15,19,28H,8-12,14H2,1-3H3/t15-,19-/m1/s1. The van der Waals surface area contributed by atoms with Crippen molar-refractivity contribution in [2.45, 2.75) is 38.7 Å². The number of likely N-dealkylation sites (N-methyl/N-ethyl adjacent to an activating group) is 1. The number of aliphatic hydroxyl groups is 1. The predicted octanol–water partition coefficient (Wildman–Crippen LogP) is 3.30. The maximum atomic E-state index is 11.3. The average molecular weight is 433 g/mol. The lowest BCUT2D eigenvalue weighted by Gasteiger charge is -2.22. The third-order valence-electron chi connectivity index (χ3n) is 5.28. The average Bonchev–Trinajstić information content (AvgIpc) is 3.16. The zero-order valence-corrected chi connectivity index (χ0v) is 18.5. The molecule has 1 aromatic carbocycles. The number of Topliss-reactive ketones (excluding diaryl/α,β-unsaturated/α-hetero) is 1. The highest BCUT2D eigenvalue weighted by molar-refractivity contribution is 6.32. The van der Waals surface area contributed by atoms with Crippen LogP contribution < -0.4 is 14.5 Å². The third-order valence-corrected chi connectivity index (χ3v) is 5.55. The van der Waals surface area contributed by atoms with Crippen LogP contribution in [-0.2, 0) is 4.79 Å². The van der Waals surface area contributed by atoms with Crippen molar-refractivity contribution in [1.82, 2.24) is 9.97 Å². The van der Waals surface area contributed by atoms with Crippen LogP contribution in [0.5, 0.6) is 5.75 Å². The van der Waals surface area contributed by atoms with Gasteiger partial charge in [0.1, 0.15) is 22.7 Å².